The molecule has 0 aromatic carbocycles. The van der Waals surface area contributed by atoms with Gasteiger partial charge in [-0.1, -0.05) is 5.16 Å². The van der Waals surface area contributed by atoms with Crippen molar-refractivity contribution in [2.24, 2.45) is 7.05 Å². The molecule has 6 heteroatoms. The first-order chi connectivity index (χ1) is 9.15. The first-order valence-corrected chi connectivity index (χ1v) is 6.38. The molecule has 2 aromatic rings. The summed E-state index contributed by atoms with van der Waals surface area (Å²) in [5.41, 5.74) is 1.46. The number of rotatable bonds is 2. The van der Waals surface area contributed by atoms with Crippen molar-refractivity contribution in [1.82, 2.24) is 19.8 Å². The van der Waals surface area contributed by atoms with Gasteiger partial charge in [0.15, 0.2) is 5.76 Å². The van der Waals surface area contributed by atoms with Crippen molar-refractivity contribution in [3.8, 4) is 0 Å². The average molecular weight is 260 g/mol. The van der Waals surface area contributed by atoms with Crippen LogP contribution in [-0.4, -0.2) is 32.3 Å². The molecule has 100 valence electrons. The molecule has 1 saturated heterocycles. The standard InChI is InChI=1S/C13H16N4O2/c1-9-6-12(19-15-9)11-4-3-5-17(11)13(18)10-7-14-16(2)8-10/h6-8,11H,3-5H2,1-2H3/t11-/m0/s1. The summed E-state index contributed by atoms with van der Waals surface area (Å²) in [6, 6.07) is 1.90. The minimum atomic E-state index is -0.00564. The van der Waals surface area contributed by atoms with Crippen molar-refractivity contribution in [2.45, 2.75) is 25.8 Å². The van der Waals surface area contributed by atoms with Crippen LogP contribution < -0.4 is 0 Å². The molecule has 1 fully saturated rings. The predicted octanol–water partition coefficient (Wildman–Crippen LogP) is 1.69. The zero-order valence-electron chi connectivity index (χ0n) is 11.0. The van der Waals surface area contributed by atoms with Crippen molar-refractivity contribution >= 4 is 5.91 Å². The Kier molecular flexibility index (Phi) is 2.85. The molecular weight excluding hydrogens is 244 g/mol. The number of carbonyl (C=O) groups excluding carboxylic acids is 1. The minimum absolute atomic E-state index is 0.00431. The summed E-state index contributed by atoms with van der Waals surface area (Å²) in [5.74, 6) is 0.775. The van der Waals surface area contributed by atoms with Gasteiger partial charge < -0.3 is 9.42 Å². The van der Waals surface area contributed by atoms with E-state index in [-0.39, 0.29) is 11.9 Å². The van der Waals surface area contributed by atoms with E-state index in [4.69, 9.17) is 4.52 Å². The van der Waals surface area contributed by atoms with Crippen LogP contribution in [0, 0.1) is 6.92 Å². The monoisotopic (exact) mass is 260 g/mol. The number of nitrogens with zero attached hydrogens (tertiary/aromatic N) is 4. The molecule has 0 aliphatic carbocycles. The summed E-state index contributed by atoms with van der Waals surface area (Å²) in [6.07, 6.45) is 5.24. The Morgan fingerprint density at radius 3 is 3.00 bits per heavy atom. The molecule has 1 atom stereocenters. The first-order valence-electron chi connectivity index (χ1n) is 6.38. The lowest BCUT2D eigenvalue weighted by Gasteiger charge is -2.21. The van der Waals surface area contributed by atoms with Crippen LogP contribution in [0.25, 0.3) is 0 Å². The fraction of sp³-hybridized carbons (Fsp3) is 0.462. The predicted molar refractivity (Wildman–Crippen MR) is 67.5 cm³/mol. The average Bonchev–Trinajstić information content (AvgIpc) is 3.07. The maximum Gasteiger partial charge on any atom is 0.257 e. The van der Waals surface area contributed by atoms with Crippen LogP contribution in [-0.2, 0) is 7.05 Å². The summed E-state index contributed by atoms with van der Waals surface area (Å²) >= 11 is 0. The van der Waals surface area contributed by atoms with Crippen molar-refractivity contribution in [2.75, 3.05) is 6.54 Å². The lowest BCUT2D eigenvalue weighted by Crippen LogP contribution is -2.30. The third-order valence-corrected chi connectivity index (χ3v) is 3.44. The molecule has 0 bridgehead atoms. The van der Waals surface area contributed by atoms with E-state index in [0.29, 0.717) is 5.56 Å². The van der Waals surface area contributed by atoms with E-state index in [9.17, 15) is 4.79 Å². The minimum Gasteiger partial charge on any atom is -0.359 e. The van der Waals surface area contributed by atoms with Crippen molar-refractivity contribution < 1.29 is 9.32 Å². The second-order valence-corrected chi connectivity index (χ2v) is 4.93. The smallest absolute Gasteiger partial charge is 0.257 e. The number of aromatic nitrogens is 3. The molecule has 1 aliphatic heterocycles. The Hall–Kier alpha value is -2.11. The highest BCUT2D eigenvalue weighted by Gasteiger charge is 2.33. The molecule has 2 aromatic heterocycles. The van der Waals surface area contributed by atoms with Gasteiger partial charge in [0, 0.05) is 25.9 Å². The molecular formula is C13H16N4O2. The SMILES string of the molecule is Cc1cc([C@@H]2CCCN2C(=O)c2cnn(C)c2)on1. The van der Waals surface area contributed by atoms with Crippen LogP contribution >= 0.6 is 0 Å². The fourth-order valence-electron chi connectivity index (χ4n) is 2.54. The Balaban J connectivity index is 1.85. The van der Waals surface area contributed by atoms with Gasteiger partial charge in [-0.2, -0.15) is 5.10 Å². The van der Waals surface area contributed by atoms with Gasteiger partial charge in [-0.05, 0) is 19.8 Å². The quantitative estimate of drug-likeness (QED) is 0.824. The summed E-state index contributed by atoms with van der Waals surface area (Å²) in [7, 11) is 1.80. The van der Waals surface area contributed by atoms with Gasteiger partial charge in [0.2, 0.25) is 0 Å². The molecule has 6 nitrogen and oxygen atoms in total. The molecule has 0 N–H and O–H groups in total. The molecule has 1 aliphatic rings. The molecule has 19 heavy (non-hydrogen) atoms. The molecule has 0 unspecified atom stereocenters. The number of hydrogen-bond donors (Lipinski definition) is 0. The van der Waals surface area contributed by atoms with Crippen LogP contribution in [0.1, 0.15) is 40.7 Å². The summed E-state index contributed by atoms with van der Waals surface area (Å²) < 4.78 is 6.94. The van der Waals surface area contributed by atoms with Gasteiger partial charge >= 0.3 is 0 Å². The van der Waals surface area contributed by atoms with E-state index in [0.717, 1.165) is 30.8 Å². The van der Waals surface area contributed by atoms with E-state index in [2.05, 4.69) is 10.3 Å². The number of carbonyl (C=O) groups is 1. The highest BCUT2D eigenvalue weighted by Crippen LogP contribution is 2.33. The lowest BCUT2D eigenvalue weighted by atomic mass is 10.1. The van der Waals surface area contributed by atoms with Gasteiger partial charge in [0.25, 0.3) is 5.91 Å². The normalized spacial score (nSPS) is 19.1. The van der Waals surface area contributed by atoms with Gasteiger partial charge in [-0.15, -0.1) is 0 Å². The second kappa shape index (κ2) is 4.53. The molecule has 3 rings (SSSR count). The lowest BCUT2D eigenvalue weighted by molar-refractivity contribution is 0.0714. The largest absolute Gasteiger partial charge is 0.359 e. The third kappa shape index (κ3) is 2.14. The van der Waals surface area contributed by atoms with E-state index < -0.39 is 0 Å². The van der Waals surface area contributed by atoms with Gasteiger partial charge in [-0.25, -0.2) is 0 Å². The van der Waals surface area contributed by atoms with Crippen molar-refractivity contribution in [3.63, 3.8) is 0 Å². The Morgan fingerprint density at radius 1 is 1.53 bits per heavy atom. The van der Waals surface area contributed by atoms with Crippen molar-refractivity contribution in [3.05, 3.63) is 35.5 Å². The first kappa shape index (κ1) is 12.0. The van der Waals surface area contributed by atoms with Crippen LogP contribution in [0.4, 0.5) is 0 Å². The van der Waals surface area contributed by atoms with Gasteiger partial charge in [0.05, 0.1) is 23.5 Å². The van der Waals surface area contributed by atoms with Gasteiger partial charge in [-0.3, -0.25) is 9.48 Å². The summed E-state index contributed by atoms with van der Waals surface area (Å²) in [5, 5.41) is 7.95. The summed E-state index contributed by atoms with van der Waals surface area (Å²) in [6.45, 7) is 2.63. The molecule has 1 amide bonds. The second-order valence-electron chi connectivity index (χ2n) is 4.93. The Bertz CT molecular complexity index is 601. The van der Waals surface area contributed by atoms with Gasteiger partial charge in [0.1, 0.15) is 0 Å². The third-order valence-electron chi connectivity index (χ3n) is 3.44. The maximum absolute atomic E-state index is 12.5. The zero-order valence-corrected chi connectivity index (χ0v) is 11.0. The topological polar surface area (TPSA) is 64.2 Å². The van der Waals surface area contributed by atoms with E-state index in [1.165, 1.54) is 0 Å². The van der Waals surface area contributed by atoms with Crippen LogP contribution in [0.5, 0.6) is 0 Å². The van der Waals surface area contributed by atoms with Crippen molar-refractivity contribution in [1.29, 1.82) is 0 Å². The summed E-state index contributed by atoms with van der Waals surface area (Å²) in [4.78, 5) is 14.3. The highest BCUT2D eigenvalue weighted by atomic mass is 16.5. The van der Waals surface area contributed by atoms with E-state index >= 15 is 0 Å². The Labute approximate surface area is 111 Å². The highest BCUT2D eigenvalue weighted by molar-refractivity contribution is 5.94. The number of hydrogen-bond acceptors (Lipinski definition) is 4. The molecule has 0 radical (unpaired) electrons. The van der Waals surface area contributed by atoms with E-state index in [1.54, 1.807) is 24.1 Å². The van der Waals surface area contributed by atoms with Crippen LogP contribution in [0.3, 0.4) is 0 Å². The maximum atomic E-state index is 12.5. The van der Waals surface area contributed by atoms with Crippen LogP contribution in [0.15, 0.2) is 23.0 Å². The van der Waals surface area contributed by atoms with E-state index in [1.807, 2.05) is 17.9 Å². The zero-order chi connectivity index (χ0) is 13.4. The number of aryl methyl sites for hydroxylation is 2. The molecule has 3 heterocycles. The number of likely N-dealkylation sites (tertiary alicyclic amines) is 1. The van der Waals surface area contributed by atoms with Crippen LogP contribution in [0.2, 0.25) is 0 Å². The fourth-order valence-corrected chi connectivity index (χ4v) is 2.54. The Morgan fingerprint density at radius 2 is 2.37 bits per heavy atom. The number of amides is 1. The molecule has 0 saturated carbocycles. The molecule has 0 spiro atoms.